The summed E-state index contributed by atoms with van der Waals surface area (Å²) in [5, 5.41) is 12.2. The van der Waals surface area contributed by atoms with E-state index < -0.39 is 0 Å². The van der Waals surface area contributed by atoms with Gasteiger partial charge in [-0.3, -0.25) is 14.7 Å². The van der Waals surface area contributed by atoms with E-state index in [-0.39, 0.29) is 11.7 Å². The SMILES string of the molecule is C[C@H](CCNC(=O)c1cncc(O)c1)N1CCN(C)CC1. The predicted molar refractivity (Wildman–Crippen MR) is 81.4 cm³/mol. The van der Waals surface area contributed by atoms with E-state index in [1.165, 1.54) is 18.5 Å². The summed E-state index contributed by atoms with van der Waals surface area (Å²) in [6, 6.07) is 1.88. The zero-order valence-electron chi connectivity index (χ0n) is 12.7. The lowest BCUT2D eigenvalue weighted by Crippen LogP contribution is -2.48. The summed E-state index contributed by atoms with van der Waals surface area (Å²) < 4.78 is 0. The van der Waals surface area contributed by atoms with Crippen LogP contribution < -0.4 is 5.32 Å². The number of nitrogens with one attached hydrogen (secondary N) is 1. The van der Waals surface area contributed by atoms with Crippen molar-refractivity contribution < 1.29 is 9.90 Å². The molecule has 21 heavy (non-hydrogen) atoms. The van der Waals surface area contributed by atoms with Gasteiger partial charge < -0.3 is 15.3 Å². The largest absolute Gasteiger partial charge is 0.506 e. The minimum atomic E-state index is -0.191. The number of likely N-dealkylation sites (N-methyl/N-ethyl adjacent to an activating group) is 1. The van der Waals surface area contributed by atoms with E-state index in [1.807, 2.05) is 0 Å². The Morgan fingerprint density at radius 2 is 2.10 bits per heavy atom. The molecule has 0 bridgehead atoms. The fourth-order valence-corrected chi connectivity index (χ4v) is 2.49. The smallest absolute Gasteiger partial charge is 0.252 e. The Morgan fingerprint density at radius 3 is 2.76 bits per heavy atom. The first-order chi connectivity index (χ1) is 10.1. The summed E-state index contributed by atoms with van der Waals surface area (Å²) in [5.41, 5.74) is 0.391. The molecule has 2 rings (SSSR count). The van der Waals surface area contributed by atoms with E-state index in [4.69, 9.17) is 0 Å². The highest BCUT2D eigenvalue weighted by molar-refractivity contribution is 5.94. The molecule has 1 aliphatic heterocycles. The second-order valence-corrected chi connectivity index (χ2v) is 5.66. The number of carbonyl (C=O) groups is 1. The summed E-state index contributed by atoms with van der Waals surface area (Å²) in [4.78, 5) is 20.5. The minimum Gasteiger partial charge on any atom is -0.506 e. The van der Waals surface area contributed by atoms with Crippen LogP contribution in [0.5, 0.6) is 5.75 Å². The average Bonchev–Trinajstić information content (AvgIpc) is 2.47. The molecule has 1 fully saturated rings. The molecule has 6 nitrogen and oxygen atoms in total. The molecule has 1 aromatic rings. The summed E-state index contributed by atoms with van der Waals surface area (Å²) >= 11 is 0. The number of aromatic hydroxyl groups is 1. The van der Waals surface area contributed by atoms with Gasteiger partial charge in [0.05, 0.1) is 11.8 Å². The Hall–Kier alpha value is -1.66. The lowest BCUT2D eigenvalue weighted by atomic mass is 10.1. The first kappa shape index (κ1) is 15.7. The number of hydrogen-bond acceptors (Lipinski definition) is 5. The van der Waals surface area contributed by atoms with Crippen molar-refractivity contribution in [3.05, 3.63) is 24.0 Å². The third-order valence-electron chi connectivity index (χ3n) is 3.99. The van der Waals surface area contributed by atoms with E-state index in [9.17, 15) is 9.90 Å². The Morgan fingerprint density at radius 1 is 1.38 bits per heavy atom. The Bertz CT molecular complexity index is 472. The first-order valence-electron chi connectivity index (χ1n) is 7.41. The summed E-state index contributed by atoms with van der Waals surface area (Å²) in [7, 11) is 2.14. The minimum absolute atomic E-state index is 0.00783. The van der Waals surface area contributed by atoms with Gasteiger partial charge >= 0.3 is 0 Å². The first-order valence-corrected chi connectivity index (χ1v) is 7.41. The maximum Gasteiger partial charge on any atom is 0.252 e. The number of carbonyl (C=O) groups excluding carboxylic acids is 1. The zero-order chi connectivity index (χ0) is 15.2. The van der Waals surface area contributed by atoms with Gasteiger partial charge in [0.25, 0.3) is 5.91 Å². The molecule has 0 radical (unpaired) electrons. The van der Waals surface area contributed by atoms with Crippen LogP contribution in [0, 0.1) is 0 Å². The highest BCUT2D eigenvalue weighted by atomic mass is 16.3. The third kappa shape index (κ3) is 4.68. The van der Waals surface area contributed by atoms with Gasteiger partial charge in [-0.2, -0.15) is 0 Å². The van der Waals surface area contributed by atoms with Crippen molar-refractivity contribution in [3.8, 4) is 5.75 Å². The predicted octanol–water partition coefficient (Wildman–Crippen LogP) is 0.543. The molecule has 2 heterocycles. The molecule has 0 aliphatic carbocycles. The van der Waals surface area contributed by atoms with E-state index in [0.29, 0.717) is 18.2 Å². The molecule has 1 aliphatic rings. The van der Waals surface area contributed by atoms with Gasteiger partial charge in [-0.05, 0) is 26.5 Å². The van der Waals surface area contributed by atoms with E-state index >= 15 is 0 Å². The molecule has 2 N–H and O–H groups in total. The number of aromatic nitrogens is 1. The van der Waals surface area contributed by atoms with Crippen LogP contribution in [0.3, 0.4) is 0 Å². The van der Waals surface area contributed by atoms with Gasteiger partial charge in [0.2, 0.25) is 0 Å². The highest BCUT2D eigenvalue weighted by Crippen LogP contribution is 2.09. The van der Waals surface area contributed by atoms with Crippen LogP contribution in [0.25, 0.3) is 0 Å². The van der Waals surface area contributed by atoms with Crippen molar-refractivity contribution in [3.63, 3.8) is 0 Å². The second kappa shape index (κ2) is 7.38. The topological polar surface area (TPSA) is 68.7 Å². The molecule has 0 aromatic carbocycles. The van der Waals surface area contributed by atoms with Crippen molar-refractivity contribution in [2.24, 2.45) is 0 Å². The van der Waals surface area contributed by atoms with Gasteiger partial charge in [0.1, 0.15) is 5.75 Å². The Balaban J connectivity index is 1.72. The number of rotatable bonds is 5. The molecule has 116 valence electrons. The quantitative estimate of drug-likeness (QED) is 0.829. The summed E-state index contributed by atoms with van der Waals surface area (Å²) in [6.07, 6.45) is 3.69. The van der Waals surface area contributed by atoms with Gasteiger partial charge in [0, 0.05) is 45.0 Å². The molecule has 1 saturated heterocycles. The van der Waals surface area contributed by atoms with Crippen LogP contribution in [0.2, 0.25) is 0 Å². The average molecular weight is 292 g/mol. The zero-order valence-corrected chi connectivity index (χ0v) is 12.7. The molecular weight excluding hydrogens is 268 g/mol. The van der Waals surface area contributed by atoms with Crippen molar-refractivity contribution in [1.29, 1.82) is 0 Å². The van der Waals surface area contributed by atoms with Crippen molar-refractivity contribution in [1.82, 2.24) is 20.1 Å². The molecule has 1 amide bonds. The molecular formula is C15H24N4O2. The summed E-state index contributed by atoms with van der Waals surface area (Å²) in [5.74, 6) is -0.183. The third-order valence-corrected chi connectivity index (χ3v) is 3.99. The maximum atomic E-state index is 11.9. The number of hydrogen-bond donors (Lipinski definition) is 2. The van der Waals surface area contributed by atoms with Crippen molar-refractivity contribution >= 4 is 5.91 Å². The van der Waals surface area contributed by atoms with Crippen LogP contribution in [-0.2, 0) is 0 Å². The monoisotopic (exact) mass is 292 g/mol. The number of amides is 1. The van der Waals surface area contributed by atoms with Crippen LogP contribution in [0.4, 0.5) is 0 Å². The highest BCUT2D eigenvalue weighted by Gasteiger charge is 2.18. The second-order valence-electron chi connectivity index (χ2n) is 5.66. The fraction of sp³-hybridized carbons (Fsp3) is 0.600. The lowest BCUT2D eigenvalue weighted by Gasteiger charge is -2.36. The molecule has 1 aromatic heterocycles. The van der Waals surface area contributed by atoms with Crippen LogP contribution in [0.1, 0.15) is 23.7 Å². The number of pyridine rings is 1. The van der Waals surface area contributed by atoms with Crippen LogP contribution >= 0.6 is 0 Å². The molecule has 1 atom stereocenters. The Labute approximate surface area is 125 Å². The molecule has 0 unspecified atom stereocenters. The van der Waals surface area contributed by atoms with Gasteiger partial charge in [-0.15, -0.1) is 0 Å². The van der Waals surface area contributed by atoms with Crippen molar-refractivity contribution in [2.45, 2.75) is 19.4 Å². The van der Waals surface area contributed by atoms with E-state index in [2.05, 4.69) is 34.1 Å². The van der Waals surface area contributed by atoms with E-state index in [1.54, 1.807) is 0 Å². The molecule has 0 saturated carbocycles. The molecule has 6 heteroatoms. The summed E-state index contributed by atoms with van der Waals surface area (Å²) in [6.45, 7) is 7.21. The van der Waals surface area contributed by atoms with Gasteiger partial charge in [0.15, 0.2) is 0 Å². The van der Waals surface area contributed by atoms with Gasteiger partial charge in [-0.25, -0.2) is 0 Å². The maximum absolute atomic E-state index is 11.9. The normalized spacial score (nSPS) is 18.4. The van der Waals surface area contributed by atoms with Crippen LogP contribution in [0.15, 0.2) is 18.5 Å². The lowest BCUT2D eigenvalue weighted by molar-refractivity contribution is 0.0934. The van der Waals surface area contributed by atoms with Crippen LogP contribution in [-0.4, -0.2) is 71.6 Å². The van der Waals surface area contributed by atoms with E-state index in [0.717, 1.165) is 32.6 Å². The van der Waals surface area contributed by atoms with Gasteiger partial charge in [-0.1, -0.05) is 0 Å². The Kier molecular flexibility index (Phi) is 5.52. The van der Waals surface area contributed by atoms with Crippen molar-refractivity contribution in [2.75, 3.05) is 39.8 Å². The molecule has 0 spiro atoms. The standard InChI is InChI=1S/C15H24N4O2/c1-12(19-7-5-18(2)6-8-19)3-4-17-15(21)13-9-14(20)11-16-10-13/h9-12,20H,3-8H2,1-2H3,(H,17,21)/t12-/m1/s1. The number of piperazine rings is 1. The fourth-order valence-electron chi connectivity index (χ4n) is 2.49. The number of nitrogens with zero attached hydrogens (tertiary/aromatic N) is 3.